The minimum absolute atomic E-state index is 0.243. The van der Waals surface area contributed by atoms with Crippen molar-refractivity contribution < 1.29 is 22.6 Å². The van der Waals surface area contributed by atoms with Crippen LogP contribution >= 0.6 is 0 Å². The SMILES string of the molecule is COc1ccc(C2=Nc3ccc(OC)cc3NC(c3cccc(C(F)(F)F)c3)=N2)cc1. The number of halogens is 3. The molecule has 0 spiro atoms. The lowest BCUT2D eigenvalue weighted by atomic mass is 10.1. The molecular formula is C23H18F3N3O2. The van der Waals surface area contributed by atoms with Gasteiger partial charge >= 0.3 is 6.18 Å². The summed E-state index contributed by atoms with van der Waals surface area (Å²) in [5.41, 5.74) is 1.37. The molecule has 0 saturated heterocycles. The highest BCUT2D eigenvalue weighted by Crippen LogP contribution is 2.34. The molecule has 0 radical (unpaired) electrons. The Morgan fingerprint density at radius 2 is 1.48 bits per heavy atom. The Morgan fingerprint density at radius 1 is 0.774 bits per heavy atom. The van der Waals surface area contributed by atoms with Gasteiger partial charge in [0, 0.05) is 17.2 Å². The molecule has 0 amide bonds. The molecule has 0 aromatic heterocycles. The number of rotatable bonds is 4. The fourth-order valence-corrected chi connectivity index (χ4v) is 3.09. The van der Waals surface area contributed by atoms with Crippen LogP contribution in [0, 0.1) is 0 Å². The van der Waals surface area contributed by atoms with Gasteiger partial charge in [0.05, 0.1) is 31.2 Å². The summed E-state index contributed by atoms with van der Waals surface area (Å²) in [5.74, 6) is 1.85. The Morgan fingerprint density at radius 3 is 2.16 bits per heavy atom. The molecular weight excluding hydrogens is 407 g/mol. The highest BCUT2D eigenvalue weighted by Gasteiger charge is 2.31. The van der Waals surface area contributed by atoms with Gasteiger partial charge in [-0.1, -0.05) is 12.1 Å². The fraction of sp³-hybridized carbons (Fsp3) is 0.130. The third kappa shape index (κ3) is 4.37. The third-order valence-corrected chi connectivity index (χ3v) is 4.71. The van der Waals surface area contributed by atoms with Gasteiger partial charge in [0.1, 0.15) is 17.3 Å². The molecule has 1 aliphatic rings. The van der Waals surface area contributed by atoms with Crippen LogP contribution in [0.15, 0.2) is 76.7 Å². The van der Waals surface area contributed by atoms with Crippen molar-refractivity contribution in [3.8, 4) is 11.5 Å². The molecule has 31 heavy (non-hydrogen) atoms. The summed E-state index contributed by atoms with van der Waals surface area (Å²) < 4.78 is 50.2. The van der Waals surface area contributed by atoms with Crippen LogP contribution in [-0.2, 0) is 6.18 Å². The molecule has 8 heteroatoms. The number of anilines is 1. The van der Waals surface area contributed by atoms with Crippen LogP contribution in [0.3, 0.4) is 0 Å². The van der Waals surface area contributed by atoms with E-state index in [1.807, 2.05) is 0 Å². The van der Waals surface area contributed by atoms with Crippen LogP contribution in [-0.4, -0.2) is 25.9 Å². The lowest BCUT2D eigenvalue weighted by molar-refractivity contribution is -0.137. The Bertz CT molecular complexity index is 1170. The number of methoxy groups -OCH3 is 2. The molecule has 158 valence electrons. The van der Waals surface area contributed by atoms with Gasteiger partial charge in [0.15, 0.2) is 5.84 Å². The van der Waals surface area contributed by atoms with Gasteiger partial charge in [-0.05, 0) is 48.5 Å². The topological polar surface area (TPSA) is 55.2 Å². The Balaban J connectivity index is 1.86. The standard InChI is InChI=1S/C23H18F3N3O2/c1-30-17-8-6-14(7-9-17)21-27-19-11-10-18(31-2)13-20(19)28-22(29-21)15-4-3-5-16(12-15)23(24,25)26/h3-13H,1-2H3,(H,27,28,29). The van der Waals surface area contributed by atoms with Gasteiger partial charge in [-0.25, -0.2) is 9.98 Å². The number of aliphatic imine (C=N–C) groups is 2. The van der Waals surface area contributed by atoms with E-state index in [2.05, 4.69) is 15.3 Å². The van der Waals surface area contributed by atoms with E-state index < -0.39 is 11.7 Å². The Kier molecular flexibility index (Phi) is 5.37. The van der Waals surface area contributed by atoms with Gasteiger partial charge < -0.3 is 14.8 Å². The van der Waals surface area contributed by atoms with Crippen LogP contribution in [0.4, 0.5) is 24.5 Å². The molecule has 0 bridgehead atoms. The highest BCUT2D eigenvalue weighted by molar-refractivity contribution is 6.19. The lowest BCUT2D eigenvalue weighted by Crippen LogP contribution is -2.16. The second kappa shape index (κ2) is 8.14. The van der Waals surface area contributed by atoms with Crippen molar-refractivity contribution in [3.05, 3.63) is 83.4 Å². The number of amidine groups is 2. The van der Waals surface area contributed by atoms with Crippen LogP contribution in [0.25, 0.3) is 0 Å². The first-order chi connectivity index (χ1) is 14.9. The summed E-state index contributed by atoms with van der Waals surface area (Å²) in [5, 5.41) is 3.11. The molecule has 5 nitrogen and oxygen atoms in total. The first kappa shape index (κ1) is 20.5. The smallest absolute Gasteiger partial charge is 0.416 e. The van der Waals surface area contributed by atoms with Crippen LogP contribution in [0.5, 0.6) is 11.5 Å². The molecule has 3 aromatic rings. The number of ether oxygens (including phenoxy) is 2. The van der Waals surface area contributed by atoms with E-state index in [-0.39, 0.29) is 11.4 Å². The number of nitrogens with zero attached hydrogens (tertiary/aromatic N) is 2. The van der Waals surface area contributed by atoms with Crippen molar-refractivity contribution in [1.82, 2.24) is 0 Å². The van der Waals surface area contributed by atoms with Crippen molar-refractivity contribution in [1.29, 1.82) is 0 Å². The van der Waals surface area contributed by atoms with E-state index in [1.54, 1.807) is 55.6 Å². The van der Waals surface area contributed by atoms with Gasteiger partial charge in [0.25, 0.3) is 0 Å². The molecule has 3 aromatic carbocycles. The second-order valence-corrected chi connectivity index (χ2v) is 6.71. The zero-order valence-corrected chi connectivity index (χ0v) is 16.7. The van der Waals surface area contributed by atoms with Gasteiger partial charge in [-0.3, -0.25) is 0 Å². The Hall–Kier alpha value is -3.81. The summed E-state index contributed by atoms with van der Waals surface area (Å²) in [7, 11) is 3.10. The zero-order chi connectivity index (χ0) is 22.0. The molecule has 4 rings (SSSR count). The van der Waals surface area contributed by atoms with Crippen LogP contribution in [0.1, 0.15) is 16.7 Å². The molecule has 1 N–H and O–H groups in total. The maximum atomic E-state index is 13.3. The summed E-state index contributed by atoms with van der Waals surface area (Å²) in [6.45, 7) is 0. The highest BCUT2D eigenvalue weighted by atomic mass is 19.4. The number of alkyl halides is 3. The summed E-state index contributed by atoms with van der Waals surface area (Å²) in [6.07, 6.45) is -4.46. The molecule has 0 unspecified atom stereocenters. The number of hydrogen-bond acceptors (Lipinski definition) is 5. The maximum Gasteiger partial charge on any atom is 0.416 e. The first-order valence-corrected chi connectivity index (χ1v) is 9.32. The normalized spacial score (nSPS) is 13.3. The summed E-state index contributed by atoms with van der Waals surface area (Å²) in [6, 6.07) is 17.4. The van der Waals surface area contributed by atoms with Crippen LogP contribution < -0.4 is 14.8 Å². The third-order valence-electron chi connectivity index (χ3n) is 4.71. The van der Waals surface area contributed by atoms with Crippen molar-refractivity contribution in [2.24, 2.45) is 9.98 Å². The average Bonchev–Trinajstić information content (AvgIpc) is 2.98. The maximum absolute atomic E-state index is 13.3. The molecule has 0 aliphatic carbocycles. The largest absolute Gasteiger partial charge is 0.497 e. The zero-order valence-electron chi connectivity index (χ0n) is 16.7. The van der Waals surface area contributed by atoms with Crippen LogP contribution in [0.2, 0.25) is 0 Å². The number of fused-ring (bicyclic) bond motifs is 1. The average molecular weight is 425 g/mol. The molecule has 1 aliphatic heterocycles. The number of hydrogen-bond donors (Lipinski definition) is 1. The number of nitrogens with one attached hydrogen (secondary N) is 1. The van der Waals surface area contributed by atoms with Gasteiger partial charge in [-0.2, -0.15) is 13.2 Å². The van der Waals surface area contributed by atoms with E-state index in [9.17, 15) is 13.2 Å². The summed E-state index contributed by atoms with van der Waals surface area (Å²) >= 11 is 0. The van der Waals surface area contributed by atoms with Crippen molar-refractivity contribution in [2.75, 3.05) is 19.5 Å². The van der Waals surface area contributed by atoms with Crippen molar-refractivity contribution in [3.63, 3.8) is 0 Å². The first-order valence-electron chi connectivity index (χ1n) is 9.32. The predicted molar refractivity (Wildman–Crippen MR) is 114 cm³/mol. The van der Waals surface area contributed by atoms with Crippen molar-refractivity contribution >= 4 is 23.0 Å². The van der Waals surface area contributed by atoms with Gasteiger partial charge in [-0.15, -0.1) is 0 Å². The molecule has 0 atom stereocenters. The molecule has 0 fully saturated rings. The minimum Gasteiger partial charge on any atom is -0.497 e. The lowest BCUT2D eigenvalue weighted by Gasteiger charge is -2.13. The van der Waals surface area contributed by atoms with Crippen molar-refractivity contribution in [2.45, 2.75) is 6.18 Å². The predicted octanol–water partition coefficient (Wildman–Crippen LogP) is 5.67. The fourth-order valence-electron chi connectivity index (χ4n) is 3.09. The summed E-state index contributed by atoms with van der Waals surface area (Å²) in [4.78, 5) is 9.21. The Labute approximate surface area is 176 Å². The molecule has 1 heterocycles. The minimum atomic E-state index is -4.46. The molecule has 0 saturated carbocycles. The van der Waals surface area contributed by atoms with E-state index in [0.29, 0.717) is 34.3 Å². The second-order valence-electron chi connectivity index (χ2n) is 6.71. The van der Waals surface area contributed by atoms with E-state index in [1.165, 1.54) is 13.2 Å². The quantitative estimate of drug-likeness (QED) is 0.586. The van der Waals surface area contributed by atoms with E-state index in [0.717, 1.165) is 12.1 Å². The van der Waals surface area contributed by atoms with Gasteiger partial charge in [0.2, 0.25) is 0 Å². The monoisotopic (exact) mass is 425 g/mol. The van der Waals surface area contributed by atoms with E-state index >= 15 is 0 Å². The van der Waals surface area contributed by atoms with E-state index in [4.69, 9.17) is 9.47 Å². The number of benzene rings is 3.